The molecule has 0 aliphatic carbocycles. The van der Waals surface area contributed by atoms with Gasteiger partial charge in [0.25, 0.3) is 0 Å². The quantitative estimate of drug-likeness (QED) is 0.514. The Bertz CT molecular complexity index is 608. The normalized spacial score (nSPS) is 11.2. The van der Waals surface area contributed by atoms with Crippen molar-refractivity contribution in [3.8, 4) is 11.5 Å². The molecule has 20 heavy (non-hydrogen) atoms. The van der Waals surface area contributed by atoms with Crippen LogP contribution in [0, 0.1) is 0 Å². The van der Waals surface area contributed by atoms with Crippen molar-refractivity contribution < 1.29 is 14.7 Å². The van der Waals surface area contributed by atoms with Gasteiger partial charge >= 0.3 is 0 Å². The molecule has 0 aromatic heterocycles. The van der Waals surface area contributed by atoms with E-state index in [1.165, 1.54) is 0 Å². The van der Waals surface area contributed by atoms with Crippen molar-refractivity contribution >= 4 is 5.71 Å². The molecule has 0 unspecified atom stereocenters. The highest BCUT2D eigenvalue weighted by Gasteiger charge is 2.04. The molecule has 0 radical (unpaired) electrons. The first-order valence-corrected chi connectivity index (χ1v) is 6.28. The van der Waals surface area contributed by atoms with Crippen LogP contribution < -0.4 is 9.47 Å². The zero-order valence-corrected chi connectivity index (χ0v) is 11.5. The Morgan fingerprint density at radius 2 is 1.95 bits per heavy atom. The fraction of sp³-hybridized carbons (Fsp3) is 0.188. The first-order chi connectivity index (χ1) is 9.74. The van der Waals surface area contributed by atoms with E-state index in [0.29, 0.717) is 12.3 Å². The third-order valence-electron chi connectivity index (χ3n) is 2.99. The van der Waals surface area contributed by atoms with Gasteiger partial charge in [-0.2, -0.15) is 0 Å². The molecular formula is C16H17NO3. The number of hydrogen-bond donors (Lipinski definition) is 1. The highest BCUT2D eigenvalue weighted by molar-refractivity contribution is 5.98. The summed E-state index contributed by atoms with van der Waals surface area (Å²) in [5.74, 6) is 1.52. The van der Waals surface area contributed by atoms with Crippen molar-refractivity contribution in [3.63, 3.8) is 0 Å². The summed E-state index contributed by atoms with van der Waals surface area (Å²) < 4.78 is 11.0. The maximum atomic E-state index is 8.79. The number of nitrogens with zero attached hydrogens (tertiary/aromatic N) is 1. The third kappa shape index (κ3) is 3.29. The molecule has 1 N–H and O–H groups in total. The molecule has 0 aliphatic rings. The van der Waals surface area contributed by atoms with Gasteiger partial charge in [0.05, 0.1) is 12.8 Å². The molecule has 104 valence electrons. The number of methoxy groups -OCH3 is 1. The minimum atomic E-state index is 0.419. The van der Waals surface area contributed by atoms with Crippen molar-refractivity contribution in [2.24, 2.45) is 5.16 Å². The van der Waals surface area contributed by atoms with E-state index in [9.17, 15) is 0 Å². The summed E-state index contributed by atoms with van der Waals surface area (Å²) in [4.78, 5) is 0. The predicted octanol–water partition coefficient (Wildman–Crippen LogP) is 3.47. The standard InChI is InChI=1S/C16H17NO3/c1-12(17-18)13-7-5-8-15(10-13)20-11-14-6-3-4-9-16(14)19-2/h3-10,18H,11H2,1-2H3. The largest absolute Gasteiger partial charge is 0.496 e. The molecule has 4 nitrogen and oxygen atoms in total. The zero-order chi connectivity index (χ0) is 14.4. The van der Waals surface area contributed by atoms with E-state index in [2.05, 4.69) is 5.16 Å². The second-order valence-electron chi connectivity index (χ2n) is 4.31. The summed E-state index contributed by atoms with van der Waals surface area (Å²) in [6, 6.07) is 15.2. The number of rotatable bonds is 5. The Morgan fingerprint density at radius 1 is 1.15 bits per heavy atom. The summed E-state index contributed by atoms with van der Waals surface area (Å²) in [6.07, 6.45) is 0. The molecular weight excluding hydrogens is 254 g/mol. The minimum absolute atomic E-state index is 0.419. The maximum Gasteiger partial charge on any atom is 0.125 e. The van der Waals surface area contributed by atoms with E-state index in [1.807, 2.05) is 48.5 Å². The summed E-state index contributed by atoms with van der Waals surface area (Å²) in [6.45, 7) is 2.15. The smallest absolute Gasteiger partial charge is 0.125 e. The lowest BCUT2D eigenvalue weighted by atomic mass is 10.1. The van der Waals surface area contributed by atoms with Gasteiger partial charge in [-0.3, -0.25) is 0 Å². The lowest BCUT2D eigenvalue weighted by Gasteiger charge is -2.10. The van der Waals surface area contributed by atoms with Crippen LogP contribution in [-0.4, -0.2) is 18.0 Å². The second-order valence-corrected chi connectivity index (χ2v) is 4.31. The van der Waals surface area contributed by atoms with Crippen LogP contribution in [0.1, 0.15) is 18.1 Å². The summed E-state index contributed by atoms with van der Waals surface area (Å²) in [5, 5.41) is 12.0. The average molecular weight is 271 g/mol. The highest BCUT2D eigenvalue weighted by Crippen LogP contribution is 2.21. The molecule has 0 heterocycles. The molecule has 0 saturated carbocycles. The lowest BCUT2D eigenvalue weighted by Crippen LogP contribution is -2.00. The Hall–Kier alpha value is -2.49. The SMILES string of the molecule is COc1ccccc1COc1cccc(C(C)=NO)c1. The highest BCUT2D eigenvalue weighted by atomic mass is 16.5. The summed E-state index contributed by atoms with van der Waals surface area (Å²) in [5.41, 5.74) is 2.35. The first-order valence-electron chi connectivity index (χ1n) is 6.28. The predicted molar refractivity (Wildman–Crippen MR) is 77.8 cm³/mol. The van der Waals surface area contributed by atoms with Gasteiger partial charge in [-0.25, -0.2) is 0 Å². The van der Waals surface area contributed by atoms with Gasteiger partial charge in [-0.15, -0.1) is 0 Å². The van der Waals surface area contributed by atoms with Crippen molar-refractivity contribution in [2.45, 2.75) is 13.5 Å². The summed E-state index contributed by atoms with van der Waals surface area (Å²) >= 11 is 0. The maximum absolute atomic E-state index is 8.79. The molecule has 0 amide bonds. The van der Waals surface area contributed by atoms with Crippen molar-refractivity contribution in [1.82, 2.24) is 0 Å². The first kappa shape index (κ1) is 13.9. The van der Waals surface area contributed by atoms with Gasteiger partial charge in [0, 0.05) is 11.1 Å². The molecule has 0 spiro atoms. The van der Waals surface area contributed by atoms with Crippen molar-refractivity contribution in [2.75, 3.05) is 7.11 Å². The van der Waals surface area contributed by atoms with Crippen LogP contribution in [0.25, 0.3) is 0 Å². The molecule has 2 aromatic rings. The van der Waals surface area contributed by atoms with Crippen LogP contribution in [0.4, 0.5) is 0 Å². The topological polar surface area (TPSA) is 51.0 Å². The van der Waals surface area contributed by atoms with Crippen LogP contribution in [0.3, 0.4) is 0 Å². The van der Waals surface area contributed by atoms with E-state index in [0.717, 1.165) is 22.6 Å². The molecule has 4 heteroatoms. The van der Waals surface area contributed by atoms with Crippen LogP contribution in [-0.2, 0) is 6.61 Å². The monoisotopic (exact) mass is 271 g/mol. The molecule has 2 aromatic carbocycles. The fourth-order valence-electron chi connectivity index (χ4n) is 1.85. The molecule has 0 atom stereocenters. The van der Waals surface area contributed by atoms with E-state index in [-0.39, 0.29) is 0 Å². The second kappa shape index (κ2) is 6.61. The van der Waals surface area contributed by atoms with Crippen LogP contribution >= 0.6 is 0 Å². The van der Waals surface area contributed by atoms with E-state index >= 15 is 0 Å². The van der Waals surface area contributed by atoms with Crippen molar-refractivity contribution in [1.29, 1.82) is 0 Å². The number of benzene rings is 2. The van der Waals surface area contributed by atoms with Gasteiger partial charge in [-0.1, -0.05) is 35.5 Å². The van der Waals surface area contributed by atoms with Crippen LogP contribution in [0.5, 0.6) is 11.5 Å². The van der Waals surface area contributed by atoms with Crippen LogP contribution in [0.2, 0.25) is 0 Å². The van der Waals surface area contributed by atoms with Crippen molar-refractivity contribution in [3.05, 3.63) is 59.7 Å². The van der Waals surface area contributed by atoms with E-state index < -0.39 is 0 Å². The number of para-hydroxylation sites is 1. The Kier molecular flexibility index (Phi) is 4.60. The lowest BCUT2D eigenvalue weighted by molar-refractivity contribution is 0.296. The molecule has 0 bridgehead atoms. The minimum Gasteiger partial charge on any atom is -0.496 e. The number of ether oxygens (including phenoxy) is 2. The zero-order valence-electron chi connectivity index (χ0n) is 11.5. The van der Waals surface area contributed by atoms with Crippen LogP contribution in [0.15, 0.2) is 53.7 Å². The van der Waals surface area contributed by atoms with Gasteiger partial charge in [0.2, 0.25) is 0 Å². The van der Waals surface area contributed by atoms with Gasteiger partial charge in [-0.05, 0) is 25.1 Å². The van der Waals surface area contributed by atoms with Gasteiger partial charge < -0.3 is 14.7 Å². The van der Waals surface area contributed by atoms with E-state index in [1.54, 1.807) is 14.0 Å². The Morgan fingerprint density at radius 3 is 2.70 bits per heavy atom. The van der Waals surface area contributed by atoms with Gasteiger partial charge in [0.15, 0.2) is 0 Å². The number of hydrogen-bond acceptors (Lipinski definition) is 4. The Balaban J connectivity index is 2.11. The molecule has 2 rings (SSSR count). The Labute approximate surface area is 118 Å². The molecule has 0 aliphatic heterocycles. The average Bonchev–Trinajstić information content (AvgIpc) is 2.52. The third-order valence-corrected chi connectivity index (χ3v) is 2.99. The molecule has 0 fully saturated rings. The molecule has 0 saturated heterocycles. The summed E-state index contributed by atoms with van der Waals surface area (Å²) in [7, 11) is 1.64. The number of oxime groups is 1. The van der Waals surface area contributed by atoms with E-state index in [4.69, 9.17) is 14.7 Å². The van der Waals surface area contributed by atoms with Gasteiger partial charge in [0.1, 0.15) is 18.1 Å². The fourth-order valence-corrected chi connectivity index (χ4v) is 1.85.